The van der Waals surface area contributed by atoms with Crippen molar-refractivity contribution < 1.29 is 9.94 Å². The summed E-state index contributed by atoms with van der Waals surface area (Å²) in [6.45, 7) is 0. The molecule has 0 aliphatic carbocycles. The quantitative estimate of drug-likeness (QED) is 0.430. The van der Waals surface area contributed by atoms with Crippen molar-refractivity contribution in [3.05, 3.63) is 41.7 Å². The monoisotopic (exact) mass is 212 g/mol. The van der Waals surface area contributed by atoms with Gasteiger partial charge in [0.05, 0.1) is 11.1 Å². The summed E-state index contributed by atoms with van der Waals surface area (Å²) in [7, 11) is 0. The molecule has 1 aromatic carbocycles. The fourth-order valence-corrected chi connectivity index (χ4v) is 1.30. The Labute approximate surface area is 86.7 Å². The van der Waals surface area contributed by atoms with E-state index >= 15 is 0 Å². The van der Waals surface area contributed by atoms with Gasteiger partial charge in [0.2, 0.25) is 5.52 Å². The van der Waals surface area contributed by atoms with E-state index in [1.807, 2.05) is 11.5 Å². The second-order valence-electron chi connectivity index (χ2n) is 2.68. The summed E-state index contributed by atoms with van der Waals surface area (Å²) in [6, 6.07) is 8.57. The van der Waals surface area contributed by atoms with E-state index in [0.717, 1.165) is 4.73 Å². The molecule has 0 amide bonds. The van der Waals surface area contributed by atoms with Crippen LogP contribution in [0, 0.1) is 5.21 Å². The van der Waals surface area contributed by atoms with Crippen LogP contribution in [0.3, 0.4) is 0 Å². The number of hydrogen-bond donors (Lipinski definition) is 2. The molecule has 0 aliphatic rings. The topological polar surface area (TPSA) is 59.2 Å². The zero-order valence-electron chi connectivity index (χ0n) is 7.18. The average molecular weight is 213 g/mol. The van der Waals surface area contributed by atoms with Crippen LogP contribution in [0.25, 0.3) is 10.9 Å². The fourth-order valence-electron chi connectivity index (χ4n) is 1.30. The summed E-state index contributed by atoms with van der Waals surface area (Å²) in [5.74, 6) is 0. The Morgan fingerprint density at radius 2 is 1.93 bits per heavy atom. The molecule has 1 aromatic heterocycles. The number of rotatable bonds is 1. The normalized spacial score (nSPS) is 9.50. The second kappa shape index (κ2) is 4.13. The van der Waals surface area contributed by atoms with Crippen LogP contribution in [0.2, 0.25) is 0 Å². The molecule has 0 atom stereocenters. The Hall–Kier alpha value is -1.52. The third-order valence-corrected chi connectivity index (χ3v) is 1.93. The molecule has 4 nitrogen and oxygen atoms in total. The molecule has 0 bridgehead atoms. The van der Waals surface area contributed by atoms with Gasteiger partial charge in [0.15, 0.2) is 6.20 Å². The molecule has 0 radical (unpaired) electrons. The number of aromatic nitrogens is 1. The smallest absolute Gasteiger partial charge is 0.225 e. The molecule has 0 unspecified atom stereocenters. The lowest BCUT2D eigenvalue weighted by molar-refractivity contribution is -0.576. The Balaban J connectivity index is 0.000000980. The van der Waals surface area contributed by atoms with Gasteiger partial charge in [-0.15, -0.1) is 12.4 Å². The first-order valence-electron chi connectivity index (χ1n) is 3.84. The summed E-state index contributed by atoms with van der Waals surface area (Å²) in [4.78, 5) is 0. The third-order valence-electron chi connectivity index (χ3n) is 1.93. The number of hydrogen-bond acceptors (Lipinski definition) is 3. The molecule has 0 aliphatic heterocycles. The van der Waals surface area contributed by atoms with Crippen LogP contribution in [-0.4, -0.2) is 5.21 Å². The van der Waals surface area contributed by atoms with Gasteiger partial charge in [-0.3, -0.25) is 10.7 Å². The zero-order chi connectivity index (χ0) is 9.26. The van der Waals surface area contributed by atoms with Gasteiger partial charge < -0.3 is 5.21 Å². The molecule has 5 heteroatoms. The van der Waals surface area contributed by atoms with E-state index < -0.39 is 0 Å². The molecule has 2 N–H and O–H groups in total. The Morgan fingerprint density at radius 3 is 2.64 bits per heavy atom. The Kier molecular flexibility index (Phi) is 3.11. The molecule has 2 aromatic rings. The highest BCUT2D eigenvalue weighted by Crippen LogP contribution is 2.18. The van der Waals surface area contributed by atoms with E-state index in [9.17, 15) is 5.21 Å². The first-order valence-corrected chi connectivity index (χ1v) is 3.84. The standard InChI is InChI=1S/C9H8N2O2.ClH/c12-10-8-5-6-11(13)9-4-2-1-3-7(8)9;/h1-6,10,12H;1H. The van der Waals surface area contributed by atoms with Crippen LogP contribution in [0.4, 0.5) is 5.69 Å². The SMILES string of the molecule is Cl.[O-][n+]1ccc(NO)c2ccccc21. The Morgan fingerprint density at radius 1 is 1.21 bits per heavy atom. The number of nitrogens with zero attached hydrogens (tertiary/aromatic N) is 1. The van der Waals surface area contributed by atoms with Gasteiger partial charge in [0, 0.05) is 12.1 Å². The molecule has 0 spiro atoms. The lowest BCUT2D eigenvalue weighted by Crippen LogP contribution is -2.26. The van der Waals surface area contributed by atoms with E-state index in [4.69, 9.17) is 5.21 Å². The molecule has 0 fully saturated rings. The minimum Gasteiger partial charge on any atom is -0.618 e. The minimum atomic E-state index is 0. The van der Waals surface area contributed by atoms with Crippen LogP contribution in [0.1, 0.15) is 0 Å². The molecule has 2 rings (SSSR count). The number of pyridine rings is 1. The largest absolute Gasteiger partial charge is 0.618 e. The van der Waals surface area contributed by atoms with Gasteiger partial charge in [-0.1, -0.05) is 12.1 Å². The highest BCUT2D eigenvalue weighted by molar-refractivity contribution is 5.88. The predicted molar refractivity (Wildman–Crippen MR) is 55.6 cm³/mol. The molecule has 14 heavy (non-hydrogen) atoms. The van der Waals surface area contributed by atoms with Gasteiger partial charge in [-0.25, -0.2) is 0 Å². The average Bonchev–Trinajstić information content (AvgIpc) is 2.19. The van der Waals surface area contributed by atoms with Crippen molar-refractivity contribution in [3.63, 3.8) is 0 Å². The van der Waals surface area contributed by atoms with Crippen molar-refractivity contribution in [1.29, 1.82) is 0 Å². The highest BCUT2D eigenvalue weighted by atomic mass is 35.5. The first kappa shape index (κ1) is 10.6. The summed E-state index contributed by atoms with van der Waals surface area (Å²) in [5.41, 5.74) is 3.10. The number of fused-ring (bicyclic) bond motifs is 1. The van der Waals surface area contributed by atoms with Crippen molar-refractivity contribution in [2.75, 3.05) is 5.48 Å². The lowest BCUT2D eigenvalue weighted by atomic mass is 10.2. The van der Waals surface area contributed by atoms with Crippen molar-refractivity contribution >= 4 is 29.0 Å². The van der Waals surface area contributed by atoms with Gasteiger partial charge in [-0.05, 0) is 6.07 Å². The van der Waals surface area contributed by atoms with E-state index in [0.29, 0.717) is 16.6 Å². The number of para-hydroxylation sites is 1. The first-order chi connectivity index (χ1) is 6.33. The molecular formula is C9H9ClN2O2. The summed E-state index contributed by atoms with van der Waals surface area (Å²) < 4.78 is 0.760. The molecule has 74 valence electrons. The maximum Gasteiger partial charge on any atom is 0.225 e. The van der Waals surface area contributed by atoms with Crippen LogP contribution in [-0.2, 0) is 0 Å². The van der Waals surface area contributed by atoms with Gasteiger partial charge in [0.25, 0.3) is 0 Å². The molecular weight excluding hydrogens is 204 g/mol. The molecule has 0 saturated heterocycles. The maximum absolute atomic E-state index is 11.3. The van der Waals surface area contributed by atoms with E-state index in [1.54, 1.807) is 18.2 Å². The number of benzene rings is 1. The van der Waals surface area contributed by atoms with Crippen molar-refractivity contribution in [3.8, 4) is 0 Å². The van der Waals surface area contributed by atoms with Crippen LogP contribution >= 0.6 is 12.4 Å². The van der Waals surface area contributed by atoms with E-state index in [1.165, 1.54) is 12.3 Å². The van der Waals surface area contributed by atoms with Crippen molar-refractivity contribution in [2.24, 2.45) is 0 Å². The van der Waals surface area contributed by atoms with Crippen molar-refractivity contribution in [2.45, 2.75) is 0 Å². The lowest BCUT2D eigenvalue weighted by Gasteiger charge is -2.04. The molecule has 1 heterocycles. The van der Waals surface area contributed by atoms with Crippen LogP contribution in [0.15, 0.2) is 36.5 Å². The highest BCUT2D eigenvalue weighted by Gasteiger charge is 2.06. The minimum absolute atomic E-state index is 0. The summed E-state index contributed by atoms with van der Waals surface area (Å²) >= 11 is 0. The Bertz CT molecular complexity index is 448. The maximum atomic E-state index is 11.3. The number of halogens is 1. The zero-order valence-corrected chi connectivity index (χ0v) is 7.99. The van der Waals surface area contributed by atoms with E-state index in [-0.39, 0.29) is 12.4 Å². The predicted octanol–water partition coefficient (Wildman–Crippen LogP) is 1.70. The van der Waals surface area contributed by atoms with Gasteiger partial charge >= 0.3 is 0 Å². The van der Waals surface area contributed by atoms with Crippen LogP contribution < -0.4 is 10.2 Å². The third kappa shape index (κ3) is 1.57. The van der Waals surface area contributed by atoms with E-state index in [2.05, 4.69) is 0 Å². The summed E-state index contributed by atoms with van der Waals surface area (Å²) in [5, 5.41) is 20.7. The molecule has 0 saturated carbocycles. The van der Waals surface area contributed by atoms with Gasteiger partial charge in [0.1, 0.15) is 0 Å². The van der Waals surface area contributed by atoms with Gasteiger partial charge in [-0.2, -0.15) is 4.73 Å². The number of anilines is 1. The summed E-state index contributed by atoms with van der Waals surface area (Å²) in [6.07, 6.45) is 1.35. The number of nitrogens with one attached hydrogen (secondary N) is 1. The fraction of sp³-hybridized carbons (Fsp3) is 0. The van der Waals surface area contributed by atoms with Crippen molar-refractivity contribution in [1.82, 2.24) is 0 Å². The van der Waals surface area contributed by atoms with Crippen LogP contribution in [0.5, 0.6) is 0 Å². The second-order valence-corrected chi connectivity index (χ2v) is 2.68.